The molecule has 0 unspecified atom stereocenters. The van der Waals surface area contributed by atoms with Gasteiger partial charge in [0.25, 0.3) is 0 Å². The van der Waals surface area contributed by atoms with Gasteiger partial charge in [-0.2, -0.15) is 0 Å². The van der Waals surface area contributed by atoms with Gasteiger partial charge < -0.3 is 21.1 Å². The normalized spacial score (nSPS) is 9.74. The van der Waals surface area contributed by atoms with Crippen LogP contribution in [0.1, 0.15) is 15.9 Å². The number of aromatic carboxylic acids is 1. The Morgan fingerprint density at radius 1 is 1.26 bits per heavy atom. The van der Waals surface area contributed by atoms with Crippen molar-refractivity contribution in [3.05, 3.63) is 35.4 Å². The Bertz CT molecular complexity index is 484. The Hall–Kier alpha value is -2.57. The molecule has 0 bridgehead atoms. The van der Waals surface area contributed by atoms with Crippen LogP contribution in [0, 0.1) is 0 Å². The van der Waals surface area contributed by atoms with Crippen molar-refractivity contribution in [2.75, 3.05) is 13.6 Å². The van der Waals surface area contributed by atoms with Crippen molar-refractivity contribution in [3.63, 3.8) is 0 Å². The number of carboxylic acid groups (broad SMARTS) is 1. The van der Waals surface area contributed by atoms with Gasteiger partial charge in [-0.3, -0.25) is 4.79 Å². The van der Waals surface area contributed by atoms with Crippen molar-refractivity contribution in [1.29, 1.82) is 0 Å². The minimum atomic E-state index is -1.00. The van der Waals surface area contributed by atoms with E-state index < -0.39 is 17.9 Å². The Labute approximate surface area is 110 Å². The number of hydrogen-bond donors (Lipinski definition) is 3. The third-order valence-corrected chi connectivity index (χ3v) is 2.38. The fourth-order valence-electron chi connectivity index (χ4n) is 1.40. The van der Waals surface area contributed by atoms with Crippen LogP contribution in [0.3, 0.4) is 0 Å². The van der Waals surface area contributed by atoms with Crippen molar-refractivity contribution < 1.29 is 19.5 Å². The second-order valence-corrected chi connectivity index (χ2v) is 3.98. The average molecular weight is 265 g/mol. The maximum absolute atomic E-state index is 11.5. The monoisotopic (exact) mass is 265 g/mol. The lowest BCUT2D eigenvalue weighted by atomic mass is 10.1. The molecule has 1 aromatic rings. The van der Waals surface area contributed by atoms with Crippen LogP contribution in [0.5, 0.6) is 0 Å². The molecular formula is C12H15N3O4. The highest BCUT2D eigenvalue weighted by Crippen LogP contribution is 2.06. The smallest absolute Gasteiger partial charge is 0.335 e. The molecule has 0 aliphatic heterocycles. The van der Waals surface area contributed by atoms with Gasteiger partial charge in [-0.15, -0.1) is 0 Å². The summed E-state index contributed by atoms with van der Waals surface area (Å²) in [5, 5.41) is 11.1. The van der Waals surface area contributed by atoms with Crippen LogP contribution in [-0.4, -0.2) is 41.5 Å². The van der Waals surface area contributed by atoms with Gasteiger partial charge >= 0.3 is 12.0 Å². The highest BCUT2D eigenvalue weighted by atomic mass is 16.4. The number of nitrogens with zero attached hydrogens (tertiary/aromatic N) is 1. The molecule has 1 rings (SSSR count). The molecule has 0 aliphatic carbocycles. The minimum Gasteiger partial charge on any atom is -0.478 e. The number of carboxylic acids is 1. The van der Waals surface area contributed by atoms with Crippen LogP contribution in [0.25, 0.3) is 0 Å². The predicted molar refractivity (Wildman–Crippen MR) is 67.5 cm³/mol. The molecule has 1 aromatic carbocycles. The predicted octanol–water partition coefficient (Wildman–Crippen LogP) is 0.0115. The molecule has 7 nitrogen and oxygen atoms in total. The topological polar surface area (TPSA) is 113 Å². The third-order valence-electron chi connectivity index (χ3n) is 2.38. The summed E-state index contributed by atoms with van der Waals surface area (Å²) in [5.74, 6) is -1.62. The third kappa shape index (κ3) is 4.66. The average Bonchev–Trinajstić information content (AvgIpc) is 2.36. The number of amides is 3. The lowest BCUT2D eigenvalue weighted by Gasteiger charge is -2.17. The van der Waals surface area contributed by atoms with Crippen LogP contribution >= 0.6 is 0 Å². The Morgan fingerprint density at radius 3 is 2.32 bits per heavy atom. The molecule has 3 amide bonds. The van der Waals surface area contributed by atoms with E-state index in [4.69, 9.17) is 10.8 Å². The van der Waals surface area contributed by atoms with Gasteiger partial charge in [0.15, 0.2) is 0 Å². The van der Waals surface area contributed by atoms with E-state index >= 15 is 0 Å². The van der Waals surface area contributed by atoms with Crippen LogP contribution in [0.4, 0.5) is 4.79 Å². The molecule has 4 N–H and O–H groups in total. The second kappa shape index (κ2) is 6.39. The first-order valence-corrected chi connectivity index (χ1v) is 5.49. The molecule has 0 heterocycles. The number of benzene rings is 1. The van der Waals surface area contributed by atoms with Gasteiger partial charge in [-0.25, -0.2) is 9.59 Å². The summed E-state index contributed by atoms with van der Waals surface area (Å²) in [6, 6.07) is 5.75. The van der Waals surface area contributed by atoms with Gasteiger partial charge in [-0.1, -0.05) is 12.1 Å². The van der Waals surface area contributed by atoms with Gasteiger partial charge in [0.05, 0.1) is 12.1 Å². The van der Waals surface area contributed by atoms with Crippen LogP contribution in [-0.2, 0) is 11.3 Å². The number of nitrogens with one attached hydrogen (secondary N) is 1. The molecule has 0 saturated heterocycles. The highest BCUT2D eigenvalue weighted by Gasteiger charge is 2.10. The summed E-state index contributed by atoms with van der Waals surface area (Å²) in [6.45, 7) is 0.0750. The van der Waals surface area contributed by atoms with Gasteiger partial charge in [0.1, 0.15) is 0 Å². The second-order valence-electron chi connectivity index (χ2n) is 3.98. The van der Waals surface area contributed by atoms with E-state index in [0.717, 1.165) is 5.56 Å². The van der Waals surface area contributed by atoms with Crippen molar-refractivity contribution in [1.82, 2.24) is 10.2 Å². The Kier molecular flexibility index (Phi) is 4.87. The summed E-state index contributed by atoms with van der Waals surface area (Å²) in [4.78, 5) is 34.1. The summed E-state index contributed by atoms with van der Waals surface area (Å²) >= 11 is 0. The lowest BCUT2D eigenvalue weighted by Crippen LogP contribution is -2.41. The zero-order chi connectivity index (χ0) is 14.4. The number of carbonyl (C=O) groups is 3. The standard InChI is InChI=1S/C12H15N3O4/c1-15(12(19)14-6-10(13)16)7-8-2-4-9(5-3-8)11(17)18/h2-5H,6-7H2,1H3,(H2,13,16)(H,14,19)(H,17,18). The Balaban J connectivity index is 2.56. The first-order valence-electron chi connectivity index (χ1n) is 5.49. The molecule has 0 spiro atoms. The van der Waals surface area contributed by atoms with Gasteiger partial charge in [0, 0.05) is 13.6 Å². The molecular weight excluding hydrogens is 250 g/mol. The van der Waals surface area contributed by atoms with E-state index in [9.17, 15) is 14.4 Å². The van der Waals surface area contributed by atoms with E-state index in [1.807, 2.05) is 0 Å². The summed E-state index contributed by atoms with van der Waals surface area (Å²) < 4.78 is 0. The van der Waals surface area contributed by atoms with Crippen LogP contribution < -0.4 is 11.1 Å². The fraction of sp³-hybridized carbons (Fsp3) is 0.250. The number of primary amides is 1. The number of urea groups is 1. The Morgan fingerprint density at radius 2 is 1.84 bits per heavy atom. The summed E-state index contributed by atoms with van der Waals surface area (Å²) in [6.07, 6.45) is 0. The minimum absolute atomic E-state index is 0.185. The lowest BCUT2D eigenvalue weighted by molar-refractivity contribution is -0.117. The van der Waals surface area contributed by atoms with E-state index in [-0.39, 0.29) is 12.1 Å². The zero-order valence-electron chi connectivity index (χ0n) is 10.4. The van der Waals surface area contributed by atoms with Crippen molar-refractivity contribution in [2.45, 2.75) is 6.54 Å². The quantitative estimate of drug-likeness (QED) is 0.696. The van der Waals surface area contributed by atoms with Crippen molar-refractivity contribution >= 4 is 17.9 Å². The molecule has 0 atom stereocenters. The van der Waals surface area contributed by atoms with E-state index in [1.54, 1.807) is 19.2 Å². The summed E-state index contributed by atoms with van der Waals surface area (Å²) in [5.41, 5.74) is 5.87. The fourth-order valence-corrected chi connectivity index (χ4v) is 1.40. The molecule has 19 heavy (non-hydrogen) atoms. The highest BCUT2D eigenvalue weighted by molar-refractivity contribution is 5.87. The molecule has 102 valence electrons. The molecule has 0 saturated carbocycles. The molecule has 0 fully saturated rings. The van der Waals surface area contributed by atoms with E-state index in [1.165, 1.54) is 17.0 Å². The van der Waals surface area contributed by atoms with Crippen molar-refractivity contribution in [3.8, 4) is 0 Å². The number of nitrogens with two attached hydrogens (primary N) is 1. The van der Waals surface area contributed by atoms with Gasteiger partial charge in [0.2, 0.25) is 5.91 Å². The largest absolute Gasteiger partial charge is 0.478 e. The summed E-state index contributed by atoms with van der Waals surface area (Å²) in [7, 11) is 1.56. The first kappa shape index (κ1) is 14.5. The molecule has 0 radical (unpaired) electrons. The molecule has 0 aliphatic rings. The van der Waals surface area contributed by atoms with E-state index in [2.05, 4.69) is 5.32 Å². The van der Waals surface area contributed by atoms with Crippen LogP contribution in [0.2, 0.25) is 0 Å². The molecule has 7 heteroatoms. The van der Waals surface area contributed by atoms with E-state index in [0.29, 0.717) is 6.54 Å². The van der Waals surface area contributed by atoms with Gasteiger partial charge in [-0.05, 0) is 17.7 Å². The zero-order valence-corrected chi connectivity index (χ0v) is 10.4. The van der Waals surface area contributed by atoms with Crippen LogP contribution in [0.15, 0.2) is 24.3 Å². The number of rotatable bonds is 5. The maximum atomic E-state index is 11.5. The maximum Gasteiger partial charge on any atom is 0.335 e. The number of hydrogen-bond acceptors (Lipinski definition) is 3. The first-order chi connectivity index (χ1) is 8.90. The molecule has 0 aromatic heterocycles. The SMILES string of the molecule is CN(Cc1ccc(C(=O)O)cc1)C(=O)NCC(N)=O. The number of carbonyl (C=O) groups excluding carboxylic acids is 2. The van der Waals surface area contributed by atoms with Crippen molar-refractivity contribution in [2.24, 2.45) is 5.73 Å².